The molecule has 33 heavy (non-hydrogen) atoms. The highest BCUT2D eigenvalue weighted by molar-refractivity contribution is 6.33. The molecule has 1 aromatic carbocycles. The van der Waals surface area contributed by atoms with Crippen LogP contribution in [0.4, 0.5) is 10.1 Å². The molecule has 2 aliphatic rings. The predicted molar refractivity (Wildman–Crippen MR) is 129 cm³/mol. The zero-order chi connectivity index (χ0) is 24.0. The molecule has 0 bridgehead atoms. The van der Waals surface area contributed by atoms with Crippen LogP contribution in [0.15, 0.2) is 34.7 Å². The largest absolute Gasteiger partial charge is 0.362 e. The Morgan fingerprint density at radius 2 is 2.03 bits per heavy atom. The van der Waals surface area contributed by atoms with E-state index >= 15 is 0 Å². The van der Waals surface area contributed by atoms with E-state index < -0.39 is 5.82 Å². The smallest absolute Gasteiger partial charge is 0.224 e. The Labute approximate surface area is 200 Å². The molecular formula is C26H34ClFN2O3. The molecule has 1 atom stereocenters. The molecule has 0 spiro atoms. The van der Waals surface area contributed by atoms with Gasteiger partial charge in [0.15, 0.2) is 0 Å². The first-order valence-corrected chi connectivity index (χ1v) is 12.2. The van der Waals surface area contributed by atoms with E-state index in [1.54, 1.807) is 0 Å². The molecule has 1 aromatic rings. The van der Waals surface area contributed by atoms with Gasteiger partial charge in [-0.3, -0.25) is 4.79 Å². The van der Waals surface area contributed by atoms with Crippen LogP contribution in [0.3, 0.4) is 0 Å². The lowest BCUT2D eigenvalue weighted by Crippen LogP contribution is -2.28. The summed E-state index contributed by atoms with van der Waals surface area (Å²) in [6.07, 6.45) is 7.48. The molecule has 5 nitrogen and oxygen atoms in total. The Morgan fingerprint density at radius 3 is 2.61 bits per heavy atom. The number of anilines is 1. The predicted octanol–water partition coefficient (Wildman–Crippen LogP) is 6.77. The van der Waals surface area contributed by atoms with Crippen LogP contribution in [0.1, 0.15) is 65.2 Å². The van der Waals surface area contributed by atoms with Gasteiger partial charge in [0, 0.05) is 25.5 Å². The first-order valence-electron chi connectivity index (χ1n) is 11.8. The molecule has 3 rings (SSSR count). The normalized spacial score (nSPS) is 21.6. The van der Waals surface area contributed by atoms with Gasteiger partial charge in [0.25, 0.3) is 0 Å². The van der Waals surface area contributed by atoms with Gasteiger partial charge in [-0.2, -0.15) is 0 Å². The summed E-state index contributed by atoms with van der Waals surface area (Å²) in [5, 5.41) is 6.62. The van der Waals surface area contributed by atoms with Crippen LogP contribution in [0, 0.1) is 35.4 Å². The lowest BCUT2D eigenvalue weighted by molar-refractivity contribution is -0.117. The van der Waals surface area contributed by atoms with Gasteiger partial charge in [-0.15, -0.1) is 0 Å². The molecular weight excluding hydrogens is 443 g/mol. The summed E-state index contributed by atoms with van der Waals surface area (Å²) in [4.78, 5) is 29.8. The minimum Gasteiger partial charge on any atom is -0.362 e. The zero-order valence-corrected chi connectivity index (χ0v) is 20.2. The van der Waals surface area contributed by atoms with Crippen LogP contribution in [0.2, 0.25) is 5.02 Å². The summed E-state index contributed by atoms with van der Waals surface area (Å²) in [6, 6.07) is 3.84. The number of rotatable bonds is 13. The fourth-order valence-electron chi connectivity index (χ4n) is 4.91. The summed E-state index contributed by atoms with van der Waals surface area (Å²) in [7, 11) is 0. The maximum atomic E-state index is 13.3. The van der Waals surface area contributed by atoms with Crippen molar-refractivity contribution < 1.29 is 18.8 Å². The molecule has 2 saturated carbocycles. The quantitative estimate of drug-likeness (QED) is 0.148. The molecule has 0 aliphatic heterocycles. The minimum atomic E-state index is -0.467. The Balaban J connectivity index is 1.70. The summed E-state index contributed by atoms with van der Waals surface area (Å²) in [5.74, 6) is 2.16. The molecule has 0 radical (unpaired) electrons. The number of carbonyl (C=O) groups excluding carboxylic acids is 2. The van der Waals surface area contributed by atoms with E-state index in [-0.39, 0.29) is 29.7 Å². The highest BCUT2D eigenvalue weighted by atomic mass is 35.5. The maximum absolute atomic E-state index is 13.3. The standard InChI is InChI=1S/C26H34ClFN2O3/c1-16(2)10-18-11-20(12-18)26(33-29-3)22(19-4-5-19)13-17(8-9-31)14-25(32)30-24-7-6-21(28)15-23(24)27/h6-7,9,15-20H,3-5,8,10-14H2,1-2H3,(H,30,32)/b26-22+. The van der Waals surface area contributed by atoms with E-state index in [1.807, 2.05) is 0 Å². The third-order valence-electron chi connectivity index (χ3n) is 6.58. The second-order valence-electron chi connectivity index (χ2n) is 9.90. The van der Waals surface area contributed by atoms with E-state index in [1.165, 1.54) is 24.1 Å². The van der Waals surface area contributed by atoms with Crippen molar-refractivity contribution in [3.05, 3.63) is 40.4 Å². The molecule has 180 valence electrons. The molecule has 0 saturated heterocycles. The molecule has 1 unspecified atom stereocenters. The van der Waals surface area contributed by atoms with E-state index in [0.717, 1.165) is 43.8 Å². The Morgan fingerprint density at radius 1 is 1.30 bits per heavy atom. The van der Waals surface area contributed by atoms with Gasteiger partial charge in [0.05, 0.1) is 10.7 Å². The Hall–Kier alpha value is -2.21. The SMILES string of the molecule is C=NO/C(=C(\CC(CC=O)CC(=O)Nc1ccc(F)cc1Cl)C1CC1)C1CC(CC(C)C)C1. The fourth-order valence-corrected chi connectivity index (χ4v) is 5.13. The van der Waals surface area contributed by atoms with Gasteiger partial charge in [0.1, 0.15) is 17.9 Å². The third-order valence-corrected chi connectivity index (χ3v) is 6.89. The molecule has 0 heterocycles. The summed E-state index contributed by atoms with van der Waals surface area (Å²) < 4.78 is 13.3. The number of nitrogens with one attached hydrogen (secondary N) is 1. The Bertz CT molecular complexity index is 892. The van der Waals surface area contributed by atoms with Gasteiger partial charge < -0.3 is 14.9 Å². The first kappa shape index (κ1) is 25.4. The molecule has 1 N–H and O–H groups in total. The second-order valence-corrected chi connectivity index (χ2v) is 10.3. The topological polar surface area (TPSA) is 67.8 Å². The lowest BCUT2D eigenvalue weighted by Gasteiger charge is -2.38. The number of benzene rings is 1. The fraction of sp³-hybridized carbons (Fsp3) is 0.577. The number of aldehydes is 1. The number of hydrogen-bond acceptors (Lipinski definition) is 4. The van der Waals surface area contributed by atoms with Crippen molar-refractivity contribution in [2.24, 2.45) is 34.7 Å². The molecule has 0 aromatic heterocycles. The minimum absolute atomic E-state index is 0.141. The summed E-state index contributed by atoms with van der Waals surface area (Å²) in [6.45, 7) is 8.02. The van der Waals surface area contributed by atoms with Crippen molar-refractivity contribution in [1.82, 2.24) is 0 Å². The van der Waals surface area contributed by atoms with Crippen molar-refractivity contribution in [3.8, 4) is 0 Å². The summed E-state index contributed by atoms with van der Waals surface area (Å²) >= 11 is 6.03. The number of oxime groups is 1. The highest BCUT2D eigenvalue weighted by Crippen LogP contribution is 2.49. The van der Waals surface area contributed by atoms with Crippen molar-refractivity contribution in [2.75, 3.05) is 5.32 Å². The van der Waals surface area contributed by atoms with E-state index in [9.17, 15) is 14.0 Å². The highest BCUT2D eigenvalue weighted by Gasteiger charge is 2.39. The lowest BCUT2D eigenvalue weighted by atomic mass is 9.69. The summed E-state index contributed by atoms with van der Waals surface area (Å²) in [5.41, 5.74) is 1.55. The second kappa shape index (κ2) is 11.8. The number of nitrogens with zero attached hydrogens (tertiary/aromatic N) is 1. The van der Waals surface area contributed by atoms with Crippen LogP contribution >= 0.6 is 11.6 Å². The number of halogens is 2. The van der Waals surface area contributed by atoms with Gasteiger partial charge in [0.2, 0.25) is 5.91 Å². The van der Waals surface area contributed by atoms with Crippen molar-refractivity contribution in [1.29, 1.82) is 0 Å². The molecule has 1 amide bonds. The van der Waals surface area contributed by atoms with E-state index in [2.05, 4.69) is 31.0 Å². The van der Waals surface area contributed by atoms with Crippen LogP contribution < -0.4 is 5.32 Å². The number of amides is 1. The number of hydrogen-bond donors (Lipinski definition) is 1. The Kier molecular flexibility index (Phi) is 9.07. The van der Waals surface area contributed by atoms with Gasteiger partial charge in [-0.1, -0.05) is 30.6 Å². The zero-order valence-electron chi connectivity index (χ0n) is 19.5. The maximum Gasteiger partial charge on any atom is 0.224 e. The van der Waals surface area contributed by atoms with Crippen LogP contribution in [0.5, 0.6) is 0 Å². The van der Waals surface area contributed by atoms with Crippen LogP contribution in [0.25, 0.3) is 0 Å². The third kappa shape index (κ3) is 7.39. The number of carbonyl (C=O) groups is 2. The molecule has 7 heteroatoms. The van der Waals surface area contributed by atoms with Gasteiger partial charge in [-0.05, 0) is 86.0 Å². The van der Waals surface area contributed by atoms with E-state index in [4.69, 9.17) is 16.4 Å². The van der Waals surface area contributed by atoms with Crippen LogP contribution in [-0.4, -0.2) is 18.9 Å². The average molecular weight is 477 g/mol. The van der Waals surface area contributed by atoms with Crippen LogP contribution in [-0.2, 0) is 14.4 Å². The van der Waals surface area contributed by atoms with Gasteiger partial charge >= 0.3 is 0 Å². The van der Waals surface area contributed by atoms with Gasteiger partial charge in [-0.25, -0.2) is 4.39 Å². The van der Waals surface area contributed by atoms with Crippen molar-refractivity contribution in [3.63, 3.8) is 0 Å². The van der Waals surface area contributed by atoms with E-state index in [0.29, 0.717) is 35.8 Å². The molecule has 2 fully saturated rings. The first-order chi connectivity index (χ1) is 15.8. The van der Waals surface area contributed by atoms with Crippen molar-refractivity contribution in [2.45, 2.75) is 65.2 Å². The monoisotopic (exact) mass is 476 g/mol. The molecule has 2 aliphatic carbocycles. The average Bonchev–Trinajstić information content (AvgIpc) is 3.54. The van der Waals surface area contributed by atoms with Crippen molar-refractivity contribution >= 4 is 36.2 Å². The number of allylic oxidation sites excluding steroid dienone is 2.